The molecule has 0 bridgehead atoms. The first-order chi connectivity index (χ1) is 7.09. The summed E-state index contributed by atoms with van der Waals surface area (Å²) in [6.07, 6.45) is 1.22. The zero-order chi connectivity index (χ0) is 11.0. The molecule has 0 saturated heterocycles. The summed E-state index contributed by atoms with van der Waals surface area (Å²) in [5.74, 6) is -0.996. The summed E-state index contributed by atoms with van der Waals surface area (Å²) in [7, 11) is 0. The van der Waals surface area contributed by atoms with Gasteiger partial charge in [-0.25, -0.2) is 9.78 Å². The maximum Gasteiger partial charge on any atom is 0.341 e. The summed E-state index contributed by atoms with van der Waals surface area (Å²) >= 11 is 1.36. The average Bonchev–Trinajstić information content (AvgIpc) is 2.71. The minimum Gasteiger partial charge on any atom is -0.477 e. The Balaban J connectivity index is 2.50. The van der Waals surface area contributed by atoms with Gasteiger partial charge in [0.1, 0.15) is 11.4 Å². The summed E-state index contributed by atoms with van der Waals surface area (Å²) in [5.41, 5.74) is 6.47. The third kappa shape index (κ3) is 1.57. The van der Waals surface area contributed by atoms with Crippen LogP contribution >= 0.6 is 11.3 Å². The fraction of sp³-hybridized carbons (Fsp3) is 0.125. The van der Waals surface area contributed by atoms with Gasteiger partial charge in [0.2, 0.25) is 5.13 Å². The van der Waals surface area contributed by atoms with Gasteiger partial charge in [0, 0.05) is 5.38 Å². The van der Waals surface area contributed by atoms with Gasteiger partial charge in [0.15, 0.2) is 0 Å². The zero-order valence-electron chi connectivity index (χ0n) is 7.84. The normalized spacial score (nSPS) is 10.5. The Morgan fingerprint density at radius 2 is 2.40 bits per heavy atom. The summed E-state index contributed by atoms with van der Waals surface area (Å²) in [6.45, 7) is 1.85. The van der Waals surface area contributed by atoms with E-state index < -0.39 is 5.97 Å². The molecule has 0 unspecified atom stereocenters. The minimum atomic E-state index is -1.09. The molecule has 2 aromatic rings. The maximum absolute atomic E-state index is 10.7. The number of hydrogen-bond donors (Lipinski definition) is 2. The molecular formula is C8H8N4O2S. The summed E-state index contributed by atoms with van der Waals surface area (Å²) in [6, 6.07) is 0. The molecule has 0 aliphatic rings. The van der Waals surface area contributed by atoms with Crippen LogP contribution in [0.2, 0.25) is 0 Å². The van der Waals surface area contributed by atoms with Gasteiger partial charge in [-0.1, -0.05) is 0 Å². The van der Waals surface area contributed by atoms with Gasteiger partial charge in [0.25, 0.3) is 0 Å². The van der Waals surface area contributed by atoms with Gasteiger partial charge in [-0.15, -0.1) is 11.3 Å². The van der Waals surface area contributed by atoms with E-state index in [1.165, 1.54) is 22.2 Å². The lowest BCUT2D eigenvalue weighted by molar-refractivity contribution is 0.0698. The smallest absolute Gasteiger partial charge is 0.341 e. The van der Waals surface area contributed by atoms with Crippen molar-refractivity contribution in [1.82, 2.24) is 14.8 Å². The highest BCUT2D eigenvalue weighted by Gasteiger charge is 2.16. The van der Waals surface area contributed by atoms with E-state index in [0.29, 0.717) is 5.13 Å². The van der Waals surface area contributed by atoms with Crippen LogP contribution < -0.4 is 5.73 Å². The number of thiazole rings is 1. The first-order valence-electron chi connectivity index (χ1n) is 4.09. The van der Waals surface area contributed by atoms with E-state index >= 15 is 0 Å². The largest absolute Gasteiger partial charge is 0.477 e. The van der Waals surface area contributed by atoms with E-state index in [1.54, 1.807) is 0 Å². The molecule has 15 heavy (non-hydrogen) atoms. The van der Waals surface area contributed by atoms with E-state index in [9.17, 15) is 4.79 Å². The second kappa shape index (κ2) is 3.35. The van der Waals surface area contributed by atoms with Crippen LogP contribution in [0.4, 0.5) is 5.82 Å². The van der Waals surface area contributed by atoms with Gasteiger partial charge >= 0.3 is 5.97 Å². The molecule has 2 rings (SSSR count). The van der Waals surface area contributed by atoms with Gasteiger partial charge in [-0.3, -0.25) is 0 Å². The van der Waals surface area contributed by atoms with Crippen molar-refractivity contribution in [1.29, 1.82) is 0 Å². The molecule has 0 aliphatic heterocycles. The number of nitrogens with zero attached hydrogens (tertiary/aromatic N) is 3. The van der Waals surface area contributed by atoms with Crippen molar-refractivity contribution < 1.29 is 9.90 Å². The summed E-state index contributed by atoms with van der Waals surface area (Å²) in [5, 5.41) is 15.1. The molecule has 0 amide bonds. The molecule has 0 fully saturated rings. The first kappa shape index (κ1) is 9.66. The first-order valence-corrected chi connectivity index (χ1v) is 4.97. The van der Waals surface area contributed by atoms with E-state index in [4.69, 9.17) is 10.8 Å². The lowest BCUT2D eigenvalue weighted by atomic mass is 10.3. The van der Waals surface area contributed by atoms with Crippen molar-refractivity contribution in [2.45, 2.75) is 6.92 Å². The van der Waals surface area contributed by atoms with Crippen molar-refractivity contribution in [3.63, 3.8) is 0 Å². The van der Waals surface area contributed by atoms with Crippen molar-refractivity contribution in [2.24, 2.45) is 0 Å². The average molecular weight is 224 g/mol. The molecule has 0 atom stereocenters. The third-order valence-electron chi connectivity index (χ3n) is 1.82. The standard InChI is InChI=1S/C8H8N4O2S/c1-4-3-15-8(11-4)12-6(9)5(2-10-12)7(13)14/h2-3H,9H2,1H3,(H,13,14). The van der Waals surface area contributed by atoms with Crippen LogP contribution in [-0.2, 0) is 0 Å². The molecule has 0 radical (unpaired) electrons. The molecule has 2 aromatic heterocycles. The lowest BCUT2D eigenvalue weighted by Crippen LogP contribution is -2.05. The number of carbonyl (C=O) groups is 1. The lowest BCUT2D eigenvalue weighted by Gasteiger charge is -1.98. The fourth-order valence-electron chi connectivity index (χ4n) is 1.11. The topological polar surface area (TPSA) is 94.0 Å². The van der Waals surface area contributed by atoms with Crippen LogP contribution in [0.15, 0.2) is 11.6 Å². The van der Waals surface area contributed by atoms with Gasteiger partial charge < -0.3 is 10.8 Å². The Hall–Kier alpha value is -1.89. The quantitative estimate of drug-likeness (QED) is 0.790. The Kier molecular flexibility index (Phi) is 2.16. The maximum atomic E-state index is 10.7. The molecule has 0 spiro atoms. The van der Waals surface area contributed by atoms with Crippen molar-refractivity contribution in [3.8, 4) is 5.13 Å². The number of carboxylic acids is 1. The number of nitrogen functional groups attached to an aromatic ring is 1. The van der Waals surface area contributed by atoms with E-state index in [1.807, 2.05) is 12.3 Å². The van der Waals surface area contributed by atoms with E-state index in [2.05, 4.69) is 10.1 Å². The predicted octanol–water partition coefficient (Wildman–Crippen LogP) is 0.918. The van der Waals surface area contributed by atoms with Gasteiger partial charge in [-0.05, 0) is 6.92 Å². The number of aromatic nitrogens is 3. The molecule has 0 aromatic carbocycles. The number of carboxylic acid groups (broad SMARTS) is 1. The van der Waals surface area contributed by atoms with Crippen LogP contribution in [0, 0.1) is 6.92 Å². The Morgan fingerprint density at radius 3 is 2.87 bits per heavy atom. The van der Waals surface area contributed by atoms with Crippen LogP contribution in [-0.4, -0.2) is 25.8 Å². The van der Waals surface area contributed by atoms with Crippen molar-refractivity contribution in [2.75, 3.05) is 5.73 Å². The van der Waals surface area contributed by atoms with Crippen LogP contribution in [0.3, 0.4) is 0 Å². The molecule has 6 nitrogen and oxygen atoms in total. The predicted molar refractivity (Wildman–Crippen MR) is 55.3 cm³/mol. The highest BCUT2D eigenvalue weighted by Crippen LogP contribution is 2.19. The van der Waals surface area contributed by atoms with Crippen molar-refractivity contribution in [3.05, 3.63) is 22.8 Å². The van der Waals surface area contributed by atoms with E-state index in [-0.39, 0.29) is 11.4 Å². The molecule has 3 N–H and O–H groups in total. The molecule has 0 saturated carbocycles. The molecule has 7 heteroatoms. The highest BCUT2D eigenvalue weighted by atomic mass is 32.1. The number of anilines is 1. The Bertz CT molecular complexity index is 516. The molecule has 0 aliphatic carbocycles. The fourth-order valence-corrected chi connectivity index (χ4v) is 1.88. The van der Waals surface area contributed by atoms with Crippen molar-refractivity contribution >= 4 is 23.1 Å². The Morgan fingerprint density at radius 1 is 1.67 bits per heavy atom. The SMILES string of the molecule is Cc1csc(-n2ncc(C(=O)O)c2N)n1. The van der Waals surface area contributed by atoms with Gasteiger partial charge in [-0.2, -0.15) is 9.78 Å². The van der Waals surface area contributed by atoms with E-state index in [0.717, 1.165) is 5.69 Å². The number of aryl methyl sites for hydroxylation is 1. The van der Waals surface area contributed by atoms with Gasteiger partial charge in [0.05, 0.1) is 11.9 Å². The second-order valence-corrected chi connectivity index (χ2v) is 3.77. The number of rotatable bonds is 2. The molecular weight excluding hydrogens is 216 g/mol. The summed E-state index contributed by atoms with van der Waals surface area (Å²) in [4.78, 5) is 14.9. The van der Waals surface area contributed by atoms with Crippen LogP contribution in [0.5, 0.6) is 0 Å². The number of hydrogen-bond acceptors (Lipinski definition) is 5. The molecule has 2 heterocycles. The molecule has 78 valence electrons. The second-order valence-electron chi connectivity index (χ2n) is 2.93. The Labute approximate surface area is 89.0 Å². The highest BCUT2D eigenvalue weighted by molar-refractivity contribution is 7.12. The minimum absolute atomic E-state index is 0.0112. The third-order valence-corrected chi connectivity index (χ3v) is 2.76. The van der Waals surface area contributed by atoms with Crippen LogP contribution in [0.1, 0.15) is 16.1 Å². The summed E-state index contributed by atoms with van der Waals surface area (Å²) < 4.78 is 1.32. The number of aromatic carboxylic acids is 1. The monoisotopic (exact) mass is 224 g/mol. The zero-order valence-corrected chi connectivity index (χ0v) is 8.65. The van der Waals surface area contributed by atoms with Crippen LogP contribution in [0.25, 0.3) is 5.13 Å². The number of nitrogens with two attached hydrogens (primary N) is 1.